The Bertz CT molecular complexity index is 75.7. The first-order valence-corrected chi connectivity index (χ1v) is 1.53. The molecule has 0 bridgehead atoms. The molecule has 0 aromatic heterocycles. The predicted molar refractivity (Wildman–Crippen MR) is 23.6 cm³/mol. The molecule has 0 aliphatic heterocycles. The van der Waals surface area contributed by atoms with Gasteiger partial charge in [-0.3, -0.25) is 0 Å². The molecule has 1 radical (unpaired) electrons. The lowest BCUT2D eigenvalue weighted by Crippen LogP contribution is -1.92. The molecule has 0 atom stereocenters. The average molecular weight is 88.1 g/mol. The van der Waals surface area contributed by atoms with E-state index in [2.05, 4.69) is 6.58 Å². The van der Waals surface area contributed by atoms with Gasteiger partial charge in [0.2, 0.25) is 0 Å². The van der Waals surface area contributed by atoms with Gasteiger partial charge in [0.25, 0.3) is 0 Å². The average Bonchev–Trinajstić information content (AvgIpc) is 1.36. The summed E-state index contributed by atoms with van der Waals surface area (Å²) in [6.07, 6.45) is 0. The van der Waals surface area contributed by atoms with Crippen molar-refractivity contribution >= 4 is 5.97 Å². The van der Waals surface area contributed by atoms with Crippen LogP contribution < -0.4 is 0 Å². The van der Waals surface area contributed by atoms with Crippen molar-refractivity contribution in [3.8, 4) is 0 Å². The number of carbonyl (C=O) groups is 1. The van der Waals surface area contributed by atoms with Crippen LogP contribution in [0.1, 0.15) is 8.35 Å². The van der Waals surface area contributed by atoms with Gasteiger partial charge in [-0.2, -0.15) is 0 Å². The Morgan fingerprint density at radius 1 is 2.00 bits per heavy atom. The number of carboxylic acid groups (broad SMARTS) is 1. The standard InChI is InChI=1S/C4H6O2.H/c1-3(2)4(5)6;/h1H2,2H3,(H,5,6);/i;1+1. The van der Waals surface area contributed by atoms with Gasteiger partial charge in [-0.25, -0.2) is 4.79 Å². The lowest BCUT2D eigenvalue weighted by molar-refractivity contribution is -0.132. The van der Waals surface area contributed by atoms with Crippen molar-refractivity contribution in [2.45, 2.75) is 6.92 Å². The van der Waals surface area contributed by atoms with E-state index in [-0.39, 0.29) is 7.00 Å². The van der Waals surface area contributed by atoms with Gasteiger partial charge in [0.15, 0.2) is 0 Å². The number of carboxylic acids is 1. The second-order valence-corrected chi connectivity index (χ2v) is 1.09. The minimum Gasteiger partial charge on any atom is -0.478 e. The van der Waals surface area contributed by atoms with Crippen molar-refractivity contribution in [3.05, 3.63) is 12.2 Å². The van der Waals surface area contributed by atoms with E-state index in [4.69, 9.17) is 5.11 Å². The molecule has 6 heavy (non-hydrogen) atoms. The van der Waals surface area contributed by atoms with Gasteiger partial charge in [0.1, 0.15) is 0 Å². The largest absolute Gasteiger partial charge is 0.478 e. The second-order valence-electron chi connectivity index (χ2n) is 1.09. The maximum Gasteiger partial charge on any atom is 0.330 e. The van der Waals surface area contributed by atoms with Crippen LogP contribution in [0.4, 0.5) is 0 Å². The van der Waals surface area contributed by atoms with Crippen molar-refractivity contribution in [2.75, 3.05) is 0 Å². The van der Waals surface area contributed by atoms with E-state index in [1.165, 1.54) is 6.92 Å². The zero-order valence-electron chi connectivity index (χ0n) is 4.56. The van der Waals surface area contributed by atoms with Crippen LogP contribution in [0, 0.1) is 0 Å². The van der Waals surface area contributed by atoms with Gasteiger partial charge >= 0.3 is 5.97 Å². The number of rotatable bonds is 1. The lowest BCUT2D eigenvalue weighted by atomic mass is 10.4. The molecule has 0 heterocycles. The minimum absolute atomic E-state index is 0. The molecular weight excluding hydrogens is 80.0 g/mol. The van der Waals surface area contributed by atoms with Crippen molar-refractivity contribution in [3.63, 3.8) is 0 Å². The molecule has 0 aromatic rings. The van der Waals surface area contributed by atoms with Gasteiger partial charge in [0.05, 0.1) is 0 Å². The quantitative estimate of drug-likeness (QED) is 0.480. The SMILES string of the molecule is C=C(C)C(=O)O.[2H]. The Kier molecular flexibility index (Phi) is 1.39. The van der Waals surface area contributed by atoms with Crippen molar-refractivity contribution < 1.29 is 11.3 Å². The summed E-state index contributed by atoms with van der Waals surface area (Å²) < 4.78 is 0. The normalized spacial score (nSPS) is 7.50. The van der Waals surface area contributed by atoms with Crippen LogP contribution in [-0.2, 0) is 4.79 Å². The zero-order chi connectivity index (χ0) is 5.15. The molecule has 0 rings (SSSR count). The Hall–Kier alpha value is -0.790. The molecule has 2 nitrogen and oxygen atoms in total. The third-order valence-corrected chi connectivity index (χ3v) is 0.365. The third-order valence-electron chi connectivity index (χ3n) is 0.365. The van der Waals surface area contributed by atoms with E-state index < -0.39 is 5.97 Å². The highest BCUT2D eigenvalue weighted by molar-refractivity contribution is 5.84. The molecule has 0 saturated heterocycles. The first kappa shape index (κ1) is 5.21. The molecule has 0 saturated carbocycles. The molecule has 1 N–H and O–H groups in total. The monoisotopic (exact) mass is 88.1 g/mol. The molecule has 0 unspecified atom stereocenters. The van der Waals surface area contributed by atoms with Gasteiger partial charge in [-0.1, -0.05) is 6.58 Å². The van der Waals surface area contributed by atoms with Crippen LogP contribution in [0.2, 0.25) is 0 Å². The number of aliphatic carboxylic acids is 1. The van der Waals surface area contributed by atoms with E-state index >= 15 is 0 Å². The Balaban J connectivity index is 0. The Morgan fingerprint density at radius 3 is 2.17 bits per heavy atom. The maximum absolute atomic E-state index is 9.60. The van der Waals surface area contributed by atoms with Crippen molar-refractivity contribution in [2.24, 2.45) is 0 Å². The fourth-order valence-electron chi connectivity index (χ4n) is 0. The maximum atomic E-state index is 9.60. The highest BCUT2D eigenvalue weighted by atomic mass is 16.4. The summed E-state index contributed by atoms with van der Waals surface area (Å²) in [7, 11) is 0. The molecular formula is C4H7O2. The first-order chi connectivity index (χ1) is 2.64. The summed E-state index contributed by atoms with van der Waals surface area (Å²) in [4.78, 5) is 9.60. The van der Waals surface area contributed by atoms with Crippen molar-refractivity contribution in [1.29, 1.82) is 0 Å². The fraction of sp³-hybridized carbons (Fsp3) is 0.250. The topological polar surface area (TPSA) is 37.3 Å². The second kappa shape index (κ2) is 1.60. The summed E-state index contributed by atoms with van der Waals surface area (Å²) in [5.41, 5.74) is 0.176. The van der Waals surface area contributed by atoms with Crippen LogP contribution in [0.25, 0.3) is 0 Å². The summed E-state index contributed by atoms with van der Waals surface area (Å²) in [6.45, 7) is 4.60. The zero-order valence-corrected chi connectivity index (χ0v) is 3.56. The molecule has 0 aliphatic rings. The summed E-state index contributed by atoms with van der Waals surface area (Å²) in [6, 6.07) is 0. The minimum atomic E-state index is -0.935. The summed E-state index contributed by atoms with van der Waals surface area (Å²) in [5, 5.41) is 7.89. The summed E-state index contributed by atoms with van der Waals surface area (Å²) >= 11 is 0. The van der Waals surface area contributed by atoms with Gasteiger partial charge in [-0.05, 0) is 6.92 Å². The van der Waals surface area contributed by atoms with E-state index in [1.54, 1.807) is 0 Å². The fourth-order valence-corrected chi connectivity index (χ4v) is 0. The predicted octanol–water partition coefficient (Wildman–Crippen LogP) is 0.760. The first-order valence-electron chi connectivity index (χ1n) is 1.53. The van der Waals surface area contributed by atoms with E-state index in [1.807, 2.05) is 0 Å². The lowest BCUT2D eigenvalue weighted by Gasteiger charge is -1.79. The highest BCUT2D eigenvalue weighted by Gasteiger charge is 1.90. The van der Waals surface area contributed by atoms with Gasteiger partial charge in [0, 0.05) is 7.00 Å². The highest BCUT2D eigenvalue weighted by Crippen LogP contribution is 1.81. The van der Waals surface area contributed by atoms with Crippen LogP contribution >= 0.6 is 0 Å². The molecule has 35 valence electrons. The van der Waals surface area contributed by atoms with Gasteiger partial charge in [-0.15, -0.1) is 0 Å². The Labute approximate surface area is 37.6 Å². The van der Waals surface area contributed by atoms with E-state index in [0.29, 0.717) is 0 Å². The third kappa shape index (κ3) is 1.52. The smallest absolute Gasteiger partial charge is 0.330 e. The molecule has 0 amide bonds. The molecule has 0 fully saturated rings. The van der Waals surface area contributed by atoms with Crippen molar-refractivity contribution in [1.82, 2.24) is 0 Å². The van der Waals surface area contributed by atoms with Gasteiger partial charge < -0.3 is 5.11 Å². The van der Waals surface area contributed by atoms with E-state index in [9.17, 15) is 4.79 Å². The Morgan fingerprint density at radius 2 is 2.17 bits per heavy atom. The number of hydrogen-bond donors (Lipinski definition) is 1. The van der Waals surface area contributed by atoms with Crippen LogP contribution in [0.3, 0.4) is 0 Å². The van der Waals surface area contributed by atoms with E-state index in [0.717, 1.165) is 0 Å². The molecule has 2 heteroatoms. The van der Waals surface area contributed by atoms with Crippen LogP contribution in [0.5, 0.6) is 0 Å². The summed E-state index contributed by atoms with van der Waals surface area (Å²) in [5.74, 6) is -0.935. The molecule has 0 spiro atoms. The van der Waals surface area contributed by atoms with Crippen LogP contribution in [-0.4, -0.2) is 11.1 Å². The molecule has 0 aliphatic carbocycles. The van der Waals surface area contributed by atoms with Crippen LogP contribution in [0.15, 0.2) is 12.2 Å². The number of hydrogen-bond acceptors (Lipinski definition) is 1. The molecule has 0 aromatic carbocycles.